The molecule has 1 heterocycles. The van der Waals surface area contributed by atoms with E-state index in [0.717, 1.165) is 19.5 Å². The lowest BCUT2D eigenvalue weighted by molar-refractivity contribution is -0.127. The number of carbonyl (C=O) groups excluding carboxylic acids is 1. The molecule has 6 heteroatoms. The Hall–Kier alpha value is -0.970. The molecule has 0 saturated carbocycles. The van der Waals surface area contributed by atoms with Gasteiger partial charge < -0.3 is 15.4 Å². The zero-order valence-electron chi connectivity index (χ0n) is 12.0. The molecule has 21 heavy (non-hydrogen) atoms. The van der Waals surface area contributed by atoms with Gasteiger partial charge in [-0.3, -0.25) is 4.79 Å². The Morgan fingerprint density at radius 3 is 2.76 bits per heavy atom. The predicted octanol–water partition coefficient (Wildman–Crippen LogP) is 2.88. The molecule has 1 aliphatic heterocycles. The highest BCUT2D eigenvalue weighted by Crippen LogP contribution is 2.24. The minimum atomic E-state index is -0.582. The van der Waals surface area contributed by atoms with Gasteiger partial charge in [0.25, 0.3) is 5.91 Å². The van der Waals surface area contributed by atoms with Gasteiger partial charge in [-0.05, 0) is 57.0 Å². The first-order valence-electron chi connectivity index (χ1n) is 7.16. The highest BCUT2D eigenvalue weighted by Gasteiger charge is 2.17. The number of amides is 1. The molecular weight excluding hydrogens is 311 g/mol. The van der Waals surface area contributed by atoms with Gasteiger partial charge in [-0.25, -0.2) is 0 Å². The first-order chi connectivity index (χ1) is 10.0. The Labute approximate surface area is 135 Å². The van der Waals surface area contributed by atoms with Gasteiger partial charge >= 0.3 is 0 Å². The Morgan fingerprint density at radius 1 is 1.43 bits per heavy atom. The maximum absolute atomic E-state index is 12.0. The lowest BCUT2D eigenvalue weighted by Gasteiger charge is -2.16. The van der Waals surface area contributed by atoms with E-state index in [4.69, 9.17) is 27.9 Å². The quantitative estimate of drug-likeness (QED) is 0.843. The van der Waals surface area contributed by atoms with E-state index in [9.17, 15) is 4.79 Å². The van der Waals surface area contributed by atoms with Gasteiger partial charge in [-0.1, -0.05) is 23.2 Å². The number of halogens is 2. The van der Waals surface area contributed by atoms with Gasteiger partial charge in [0.2, 0.25) is 0 Å². The van der Waals surface area contributed by atoms with Crippen molar-refractivity contribution in [3.05, 3.63) is 28.2 Å². The van der Waals surface area contributed by atoms with E-state index >= 15 is 0 Å². The van der Waals surface area contributed by atoms with Crippen molar-refractivity contribution < 1.29 is 9.53 Å². The molecule has 1 aromatic carbocycles. The number of benzene rings is 1. The van der Waals surface area contributed by atoms with Crippen molar-refractivity contribution in [2.24, 2.45) is 5.92 Å². The smallest absolute Gasteiger partial charge is 0.260 e. The molecule has 0 aromatic heterocycles. The summed E-state index contributed by atoms with van der Waals surface area (Å²) in [6.07, 6.45) is 1.60. The van der Waals surface area contributed by atoms with Gasteiger partial charge in [-0.2, -0.15) is 0 Å². The van der Waals surface area contributed by atoms with E-state index in [2.05, 4.69) is 10.6 Å². The summed E-state index contributed by atoms with van der Waals surface area (Å²) < 4.78 is 5.57. The van der Waals surface area contributed by atoms with Gasteiger partial charge in [0.05, 0.1) is 0 Å². The van der Waals surface area contributed by atoms with Crippen LogP contribution in [0, 0.1) is 5.92 Å². The number of nitrogens with one attached hydrogen (secondary N) is 2. The maximum Gasteiger partial charge on any atom is 0.260 e. The van der Waals surface area contributed by atoms with Crippen LogP contribution in [0.25, 0.3) is 0 Å². The van der Waals surface area contributed by atoms with Crippen LogP contribution in [-0.4, -0.2) is 31.6 Å². The molecule has 0 aliphatic carbocycles. The summed E-state index contributed by atoms with van der Waals surface area (Å²) in [6.45, 7) is 4.51. The second-order valence-corrected chi connectivity index (χ2v) is 6.18. The summed E-state index contributed by atoms with van der Waals surface area (Å²) in [5.74, 6) is 1.03. The minimum Gasteiger partial charge on any atom is -0.481 e. The lowest BCUT2D eigenvalue weighted by atomic mass is 10.1. The molecule has 2 rings (SSSR count). The zero-order valence-corrected chi connectivity index (χ0v) is 13.5. The van der Waals surface area contributed by atoms with E-state index in [-0.39, 0.29) is 5.91 Å². The molecule has 1 aliphatic rings. The van der Waals surface area contributed by atoms with Gasteiger partial charge in [0.1, 0.15) is 5.75 Å². The molecule has 0 bridgehead atoms. The summed E-state index contributed by atoms with van der Waals surface area (Å²) in [5.41, 5.74) is 0. The van der Waals surface area contributed by atoms with Crippen molar-refractivity contribution >= 4 is 29.1 Å². The zero-order chi connectivity index (χ0) is 15.2. The van der Waals surface area contributed by atoms with Gasteiger partial charge in [0, 0.05) is 16.6 Å². The lowest BCUT2D eigenvalue weighted by Crippen LogP contribution is -2.37. The van der Waals surface area contributed by atoms with Crippen LogP contribution in [0.3, 0.4) is 0 Å². The van der Waals surface area contributed by atoms with E-state index in [1.165, 1.54) is 6.42 Å². The molecule has 2 unspecified atom stereocenters. The molecule has 1 saturated heterocycles. The van der Waals surface area contributed by atoms with E-state index in [1.807, 2.05) is 0 Å². The Morgan fingerprint density at radius 2 is 2.14 bits per heavy atom. The summed E-state index contributed by atoms with van der Waals surface area (Å²) >= 11 is 11.8. The average Bonchev–Trinajstić information content (AvgIpc) is 2.90. The molecule has 1 amide bonds. The Balaban J connectivity index is 1.76. The third-order valence-corrected chi connectivity index (χ3v) is 3.97. The van der Waals surface area contributed by atoms with Crippen LogP contribution in [0.15, 0.2) is 18.2 Å². The third-order valence-electron chi connectivity index (χ3n) is 3.53. The first kappa shape index (κ1) is 16.4. The third kappa shape index (κ3) is 5.38. The van der Waals surface area contributed by atoms with Crippen LogP contribution < -0.4 is 15.4 Å². The molecule has 116 valence electrons. The average molecular weight is 331 g/mol. The van der Waals surface area contributed by atoms with Crippen molar-refractivity contribution in [2.45, 2.75) is 25.9 Å². The van der Waals surface area contributed by atoms with Gasteiger partial charge in [-0.15, -0.1) is 0 Å². The van der Waals surface area contributed by atoms with E-state index in [0.29, 0.717) is 28.3 Å². The van der Waals surface area contributed by atoms with Crippen molar-refractivity contribution in [1.29, 1.82) is 0 Å². The topological polar surface area (TPSA) is 50.4 Å². The van der Waals surface area contributed by atoms with Crippen LogP contribution in [0.5, 0.6) is 5.75 Å². The summed E-state index contributed by atoms with van der Waals surface area (Å²) in [5, 5.41) is 7.19. The fourth-order valence-corrected chi connectivity index (χ4v) is 2.86. The van der Waals surface area contributed by atoms with E-state index < -0.39 is 6.10 Å². The number of hydrogen-bond donors (Lipinski definition) is 2. The molecule has 2 atom stereocenters. The highest BCUT2D eigenvalue weighted by atomic mass is 35.5. The Bertz CT molecular complexity index is 470. The number of ether oxygens (including phenoxy) is 1. The first-order valence-corrected chi connectivity index (χ1v) is 7.91. The standard InChI is InChI=1S/C15H20Cl2N2O2/c1-10(21-14-7-12(16)6-13(17)8-14)15(20)19-5-3-11-2-4-18-9-11/h6-8,10-11,18H,2-5,9H2,1H3,(H,19,20). The van der Waals surface area contributed by atoms with Crippen LogP contribution in [-0.2, 0) is 4.79 Å². The SMILES string of the molecule is CC(Oc1cc(Cl)cc(Cl)c1)C(=O)NCCC1CCNC1. The molecule has 1 fully saturated rings. The molecule has 1 aromatic rings. The molecule has 0 spiro atoms. The molecular formula is C15H20Cl2N2O2. The van der Waals surface area contributed by atoms with Crippen LogP contribution in [0.4, 0.5) is 0 Å². The van der Waals surface area contributed by atoms with Crippen LogP contribution >= 0.6 is 23.2 Å². The van der Waals surface area contributed by atoms with Crippen molar-refractivity contribution in [1.82, 2.24) is 10.6 Å². The summed E-state index contributed by atoms with van der Waals surface area (Å²) in [7, 11) is 0. The normalized spacial score (nSPS) is 19.3. The van der Waals surface area contributed by atoms with Crippen LogP contribution in [0.1, 0.15) is 19.8 Å². The fourth-order valence-electron chi connectivity index (χ4n) is 2.36. The second kappa shape index (κ2) is 7.87. The fraction of sp³-hybridized carbons (Fsp3) is 0.533. The Kier molecular flexibility index (Phi) is 6.15. The number of hydrogen-bond acceptors (Lipinski definition) is 3. The van der Waals surface area contributed by atoms with Crippen molar-refractivity contribution in [3.63, 3.8) is 0 Å². The molecule has 2 N–H and O–H groups in total. The number of carbonyl (C=O) groups is 1. The minimum absolute atomic E-state index is 0.128. The van der Waals surface area contributed by atoms with Gasteiger partial charge in [0.15, 0.2) is 6.10 Å². The van der Waals surface area contributed by atoms with E-state index in [1.54, 1.807) is 25.1 Å². The molecule has 4 nitrogen and oxygen atoms in total. The van der Waals surface area contributed by atoms with Crippen molar-refractivity contribution in [2.75, 3.05) is 19.6 Å². The van der Waals surface area contributed by atoms with Crippen molar-refractivity contribution in [3.8, 4) is 5.75 Å². The van der Waals surface area contributed by atoms with Crippen LogP contribution in [0.2, 0.25) is 10.0 Å². The maximum atomic E-state index is 12.0. The predicted molar refractivity (Wildman–Crippen MR) is 85.2 cm³/mol. The largest absolute Gasteiger partial charge is 0.481 e. The second-order valence-electron chi connectivity index (χ2n) is 5.30. The summed E-state index contributed by atoms with van der Waals surface area (Å²) in [6, 6.07) is 4.90. The summed E-state index contributed by atoms with van der Waals surface area (Å²) in [4.78, 5) is 12.0. The number of rotatable bonds is 6. The monoisotopic (exact) mass is 330 g/mol. The molecule has 0 radical (unpaired) electrons. The highest BCUT2D eigenvalue weighted by molar-refractivity contribution is 6.34.